The Labute approximate surface area is 166 Å². The standard InChI is InChI=1S/C21H30N4O3/c1-2-3-13-22-19(27)21(11-5-4-6-12-21)24-18(26)16-7-9-17(10-8-16)25-15-14-23-20(25)28/h7-10H,2-6,11-15H2,1H3,(H,22,27)(H,23,28)(H,24,26). The second-order valence-corrected chi connectivity index (χ2v) is 7.64. The summed E-state index contributed by atoms with van der Waals surface area (Å²) in [6.45, 7) is 3.96. The molecular weight excluding hydrogens is 356 g/mol. The summed E-state index contributed by atoms with van der Waals surface area (Å²) in [6.07, 6.45) is 6.25. The molecule has 7 nitrogen and oxygen atoms in total. The van der Waals surface area contributed by atoms with Gasteiger partial charge in [-0.15, -0.1) is 0 Å². The van der Waals surface area contributed by atoms with Crippen LogP contribution in [0.15, 0.2) is 24.3 Å². The van der Waals surface area contributed by atoms with Crippen molar-refractivity contribution in [3.05, 3.63) is 29.8 Å². The molecule has 0 aromatic heterocycles. The molecule has 2 aliphatic rings. The van der Waals surface area contributed by atoms with Crippen LogP contribution in [0, 0.1) is 0 Å². The summed E-state index contributed by atoms with van der Waals surface area (Å²) in [5.41, 5.74) is 0.433. The maximum Gasteiger partial charge on any atom is 0.321 e. The fourth-order valence-corrected chi connectivity index (χ4v) is 3.91. The minimum Gasteiger partial charge on any atom is -0.354 e. The Morgan fingerprint density at radius 2 is 1.86 bits per heavy atom. The molecule has 0 radical (unpaired) electrons. The van der Waals surface area contributed by atoms with Crippen LogP contribution in [0.1, 0.15) is 62.2 Å². The molecule has 3 N–H and O–H groups in total. The van der Waals surface area contributed by atoms with Crippen LogP contribution in [0.5, 0.6) is 0 Å². The number of unbranched alkanes of at least 4 members (excludes halogenated alkanes) is 1. The number of nitrogens with one attached hydrogen (secondary N) is 3. The SMILES string of the molecule is CCCCNC(=O)C1(NC(=O)c2ccc(N3CCNC3=O)cc2)CCCCC1. The van der Waals surface area contributed by atoms with Crippen molar-refractivity contribution >= 4 is 23.5 Å². The maximum atomic E-state index is 12.9. The van der Waals surface area contributed by atoms with E-state index in [9.17, 15) is 14.4 Å². The molecule has 1 saturated carbocycles. The molecule has 0 unspecified atom stereocenters. The normalized spacial score (nSPS) is 18.5. The monoisotopic (exact) mass is 386 g/mol. The fourth-order valence-electron chi connectivity index (χ4n) is 3.91. The van der Waals surface area contributed by atoms with Gasteiger partial charge in [0.2, 0.25) is 5.91 Å². The van der Waals surface area contributed by atoms with Gasteiger partial charge in [0.15, 0.2) is 0 Å². The number of carbonyl (C=O) groups excluding carboxylic acids is 3. The zero-order valence-electron chi connectivity index (χ0n) is 16.6. The molecule has 1 heterocycles. The van der Waals surface area contributed by atoms with Crippen molar-refractivity contribution in [2.45, 2.75) is 57.4 Å². The van der Waals surface area contributed by atoms with Crippen molar-refractivity contribution in [2.24, 2.45) is 0 Å². The quantitative estimate of drug-likeness (QED) is 0.629. The molecule has 0 bridgehead atoms. The summed E-state index contributed by atoms with van der Waals surface area (Å²) in [7, 11) is 0. The minimum absolute atomic E-state index is 0.0700. The van der Waals surface area contributed by atoms with Crippen LogP contribution >= 0.6 is 0 Å². The highest BCUT2D eigenvalue weighted by molar-refractivity contribution is 6.00. The summed E-state index contributed by atoms with van der Waals surface area (Å²) in [4.78, 5) is 39.1. The highest BCUT2D eigenvalue weighted by Gasteiger charge is 2.40. The molecule has 1 aliphatic heterocycles. The number of nitrogens with zero attached hydrogens (tertiary/aromatic N) is 1. The zero-order valence-corrected chi connectivity index (χ0v) is 16.6. The van der Waals surface area contributed by atoms with Crippen LogP contribution in [-0.4, -0.2) is 43.0 Å². The first kappa shape index (κ1) is 20.2. The van der Waals surface area contributed by atoms with E-state index >= 15 is 0 Å². The molecular formula is C21H30N4O3. The van der Waals surface area contributed by atoms with Crippen molar-refractivity contribution in [2.75, 3.05) is 24.5 Å². The molecule has 1 aromatic carbocycles. The Morgan fingerprint density at radius 3 is 2.46 bits per heavy atom. The Kier molecular flexibility index (Phi) is 6.54. The molecule has 2 fully saturated rings. The Bertz CT molecular complexity index is 711. The summed E-state index contributed by atoms with van der Waals surface area (Å²) < 4.78 is 0. The van der Waals surface area contributed by atoms with E-state index < -0.39 is 5.54 Å². The highest BCUT2D eigenvalue weighted by Crippen LogP contribution is 2.29. The average Bonchev–Trinajstić information content (AvgIpc) is 3.14. The van der Waals surface area contributed by atoms with Gasteiger partial charge >= 0.3 is 6.03 Å². The van der Waals surface area contributed by atoms with Crippen LogP contribution in [0.2, 0.25) is 0 Å². The van der Waals surface area contributed by atoms with E-state index in [-0.39, 0.29) is 17.8 Å². The van der Waals surface area contributed by atoms with E-state index in [1.807, 2.05) is 0 Å². The van der Waals surface area contributed by atoms with Gasteiger partial charge in [-0.3, -0.25) is 14.5 Å². The summed E-state index contributed by atoms with van der Waals surface area (Å²) in [5.74, 6) is -0.315. The first-order chi connectivity index (χ1) is 13.6. The summed E-state index contributed by atoms with van der Waals surface area (Å²) >= 11 is 0. The van der Waals surface area contributed by atoms with E-state index in [1.54, 1.807) is 29.2 Å². The molecule has 3 rings (SSSR count). The van der Waals surface area contributed by atoms with E-state index in [0.717, 1.165) is 37.8 Å². The second-order valence-electron chi connectivity index (χ2n) is 7.64. The van der Waals surface area contributed by atoms with Crippen LogP contribution in [0.25, 0.3) is 0 Å². The largest absolute Gasteiger partial charge is 0.354 e. The molecule has 1 saturated heterocycles. The van der Waals surface area contributed by atoms with Gasteiger partial charge in [0.25, 0.3) is 5.91 Å². The minimum atomic E-state index is -0.823. The second kappa shape index (κ2) is 9.08. The van der Waals surface area contributed by atoms with Gasteiger partial charge in [-0.25, -0.2) is 4.79 Å². The van der Waals surface area contributed by atoms with Crippen LogP contribution in [-0.2, 0) is 4.79 Å². The van der Waals surface area contributed by atoms with Crippen molar-refractivity contribution in [3.63, 3.8) is 0 Å². The topological polar surface area (TPSA) is 90.5 Å². The fraction of sp³-hybridized carbons (Fsp3) is 0.571. The molecule has 0 spiro atoms. The molecule has 4 amide bonds. The van der Waals surface area contributed by atoms with Crippen LogP contribution in [0.3, 0.4) is 0 Å². The lowest BCUT2D eigenvalue weighted by atomic mass is 9.80. The van der Waals surface area contributed by atoms with Gasteiger partial charge in [0.05, 0.1) is 0 Å². The number of urea groups is 1. The number of hydrogen-bond acceptors (Lipinski definition) is 3. The van der Waals surface area contributed by atoms with E-state index in [1.165, 1.54) is 0 Å². The molecule has 1 aromatic rings. The van der Waals surface area contributed by atoms with E-state index in [0.29, 0.717) is 38.0 Å². The van der Waals surface area contributed by atoms with Gasteiger partial charge < -0.3 is 16.0 Å². The third-order valence-corrected chi connectivity index (χ3v) is 5.61. The number of benzene rings is 1. The van der Waals surface area contributed by atoms with Crippen molar-refractivity contribution in [1.29, 1.82) is 0 Å². The molecule has 0 atom stereocenters. The van der Waals surface area contributed by atoms with Crippen molar-refractivity contribution < 1.29 is 14.4 Å². The number of rotatable bonds is 7. The first-order valence-electron chi connectivity index (χ1n) is 10.3. The van der Waals surface area contributed by atoms with Crippen molar-refractivity contribution in [1.82, 2.24) is 16.0 Å². The lowest BCUT2D eigenvalue weighted by Crippen LogP contribution is -2.59. The smallest absolute Gasteiger partial charge is 0.321 e. The molecule has 1 aliphatic carbocycles. The van der Waals surface area contributed by atoms with Gasteiger partial charge in [-0.1, -0.05) is 32.6 Å². The van der Waals surface area contributed by atoms with Gasteiger partial charge in [0.1, 0.15) is 5.54 Å². The molecule has 7 heteroatoms. The number of hydrogen-bond donors (Lipinski definition) is 3. The highest BCUT2D eigenvalue weighted by atomic mass is 16.2. The van der Waals surface area contributed by atoms with Gasteiger partial charge in [-0.2, -0.15) is 0 Å². The van der Waals surface area contributed by atoms with E-state index in [4.69, 9.17) is 0 Å². The maximum absolute atomic E-state index is 12.9. The predicted molar refractivity (Wildman–Crippen MR) is 108 cm³/mol. The Balaban J connectivity index is 1.69. The van der Waals surface area contributed by atoms with Crippen molar-refractivity contribution in [3.8, 4) is 0 Å². The number of carbonyl (C=O) groups is 3. The lowest BCUT2D eigenvalue weighted by Gasteiger charge is -2.36. The Morgan fingerprint density at radius 1 is 1.14 bits per heavy atom. The summed E-state index contributed by atoms with van der Waals surface area (Å²) in [5, 5.41) is 8.79. The lowest BCUT2D eigenvalue weighted by molar-refractivity contribution is -0.128. The number of anilines is 1. The third kappa shape index (κ3) is 4.46. The molecule has 28 heavy (non-hydrogen) atoms. The van der Waals surface area contributed by atoms with Crippen LogP contribution in [0.4, 0.5) is 10.5 Å². The van der Waals surface area contributed by atoms with Gasteiger partial charge in [-0.05, 0) is 43.5 Å². The predicted octanol–water partition coefficient (Wildman–Crippen LogP) is 2.57. The Hall–Kier alpha value is -2.57. The van der Waals surface area contributed by atoms with E-state index in [2.05, 4.69) is 22.9 Å². The number of amides is 4. The van der Waals surface area contributed by atoms with Gasteiger partial charge in [0, 0.05) is 30.9 Å². The van der Waals surface area contributed by atoms with Crippen LogP contribution < -0.4 is 20.9 Å². The third-order valence-electron chi connectivity index (χ3n) is 5.61. The zero-order chi connectivity index (χ0) is 20.0. The average molecular weight is 386 g/mol. The summed E-state index contributed by atoms with van der Waals surface area (Å²) in [6, 6.07) is 6.84. The first-order valence-corrected chi connectivity index (χ1v) is 10.3. The molecule has 152 valence electrons.